The monoisotopic (exact) mass is 286 g/mol. The molecule has 21 heavy (non-hydrogen) atoms. The molecule has 0 radical (unpaired) electrons. The number of fused-ring (bicyclic) bond motifs is 1. The maximum absolute atomic E-state index is 11.1. The molecule has 0 saturated heterocycles. The van der Waals surface area contributed by atoms with Crippen molar-refractivity contribution in [3.05, 3.63) is 64.2 Å². The molecule has 0 bridgehead atoms. The molecule has 0 amide bonds. The van der Waals surface area contributed by atoms with Gasteiger partial charge in [0.2, 0.25) is 0 Å². The number of hydrogen-bond acceptors (Lipinski definition) is 4. The third kappa shape index (κ3) is 2.25. The van der Waals surface area contributed by atoms with Crippen molar-refractivity contribution in [1.82, 2.24) is 4.57 Å². The molecule has 0 aliphatic rings. The van der Waals surface area contributed by atoms with Crippen molar-refractivity contribution >= 4 is 22.6 Å². The minimum absolute atomic E-state index is 0.0180. The lowest BCUT2D eigenvalue weighted by atomic mass is 10.2. The van der Waals surface area contributed by atoms with Crippen LogP contribution in [0.2, 0.25) is 0 Å². The SMILES string of the molecule is O=C(O)c1ccoc1Cn1ccc2cc([N+](=O)[O-])ccc21. The first kappa shape index (κ1) is 12.9. The second-order valence-corrected chi connectivity index (χ2v) is 4.51. The molecule has 0 unspecified atom stereocenters. The lowest BCUT2D eigenvalue weighted by Gasteiger charge is -2.04. The molecule has 0 atom stereocenters. The molecule has 3 rings (SSSR count). The Morgan fingerprint density at radius 3 is 2.86 bits per heavy atom. The quantitative estimate of drug-likeness (QED) is 0.587. The largest absolute Gasteiger partial charge is 0.478 e. The van der Waals surface area contributed by atoms with Gasteiger partial charge in [-0.1, -0.05) is 0 Å². The molecule has 106 valence electrons. The van der Waals surface area contributed by atoms with Crippen molar-refractivity contribution in [2.75, 3.05) is 0 Å². The molecule has 1 aromatic carbocycles. The van der Waals surface area contributed by atoms with E-state index in [1.807, 2.05) is 0 Å². The smallest absolute Gasteiger partial charge is 0.339 e. The van der Waals surface area contributed by atoms with Crippen LogP contribution in [0.25, 0.3) is 10.9 Å². The van der Waals surface area contributed by atoms with Crippen molar-refractivity contribution < 1.29 is 19.2 Å². The van der Waals surface area contributed by atoms with Crippen LogP contribution in [0.1, 0.15) is 16.1 Å². The van der Waals surface area contributed by atoms with Gasteiger partial charge < -0.3 is 14.1 Å². The zero-order chi connectivity index (χ0) is 15.0. The molecule has 0 aliphatic heterocycles. The molecular formula is C14H10N2O5. The number of hydrogen-bond donors (Lipinski definition) is 1. The van der Waals surface area contributed by atoms with Crippen LogP contribution < -0.4 is 0 Å². The Labute approximate surface area is 118 Å². The van der Waals surface area contributed by atoms with E-state index in [0.717, 1.165) is 5.52 Å². The fourth-order valence-corrected chi connectivity index (χ4v) is 2.25. The standard InChI is InChI=1S/C14H10N2O5/c17-14(18)11-4-6-21-13(11)8-15-5-3-9-7-10(16(19)20)1-2-12(9)15/h1-7H,8H2,(H,17,18). The van der Waals surface area contributed by atoms with E-state index in [2.05, 4.69) is 0 Å². The Hall–Kier alpha value is -3.09. The van der Waals surface area contributed by atoms with Crippen molar-refractivity contribution in [3.8, 4) is 0 Å². The van der Waals surface area contributed by atoms with Crippen LogP contribution in [0.3, 0.4) is 0 Å². The molecule has 0 aliphatic carbocycles. The summed E-state index contributed by atoms with van der Waals surface area (Å²) in [6, 6.07) is 7.67. The molecule has 7 heteroatoms. The number of benzene rings is 1. The number of carboxylic acids is 1. The predicted octanol–water partition coefficient (Wildman–Crippen LogP) is 2.89. The van der Waals surface area contributed by atoms with Gasteiger partial charge in [-0.2, -0.15) is 0 Å². The van der Waals surface area contributed by atoms with Crippen molar-refractivity contribution in [2.45, 2.75) is 6.54 Å². The van der Waals surface area contributed by atoms with Crippen LogP contribution in [-0.4, -0.2) is 20.6 Å². The minimum atomic E-state index is -1.05. The number of aromatic carboxylic acids is 1. The van der Waals surface area contributed by atoms with Gasteiger partial charge in [-0.3, -0.25) is 10.1 Å². The molecule has 0 saturated carbocycles. The van der Waals surface area contributed by atoms with Crippen LogP contribution in [0, 0.1) is 10.1 Å². The number of aromatic nitrogens is 1. The molecule has 7 nitrogen and oxygen atoms in total. The fourth-order valence-electron chi connectivity index (χ4n) is 2.25. The van der Waals surface area contributed by atoms with Crippen LogP contribution in [0.4, 0.5) is 5.69 Å². The molecule has 1 N–H and O–H groups in total. The van der Waals surface area contributed by atoms with E-state index >= 15 is 0 Å². The average molecular weight is 286 g/mol. The number of nitro benzene ring substituents is 1. The highest BCUT2D eigenvalue weighted by Gasteiger charge is 2.15. The molecular weight excluding hydrogens is 276 g/mol. The number of non-ortho nitro benzene ring substituents is 1. The van der Waals surface area contributed by atoms with Crippen molar-refractivity contribution in [1.29, 1.82) is 0 Å². The number of nitrogens with zero attached hydrogens (tertiary/aromatic N) is 2. The van der Waals surface area contributed by atoms with E-state index < -0.39 is 10.9 Å². The lowest BCUT2D eigenvalue weighted by Crippen LogP contribution is -2.03. The highest BCUT2D eigenvalue weighted by molar-refractivity contribution is 5.88. The summed E-state index contributed by atoms with van der Waals surface area (Å²) in [5, 5.41) is 20.5. The fraction of sp³-hybridized carbons (Fsp3) is 0.0714. The lowest BCUT2D eigenvalue weighted by molar-refractivity contribution is -0.384. The van der Waals surface area contributed by atoms with Gasteiger partial charge in [0.15, 0.2) is 0 Å². The summed E-state index contributed by atoms with van der Waals surface area (Å²) in [5.74, 6) is -0.718. The molecule has 2 heterocycles. The normalized spacial score (nSPS) is 10.9. The Kier molecular flexibility index (Phi) is 2.94. The summed E-state index contributed by atoms with van der Waals surface area (Å²) >= 11 is 0. The number of furan rings is 1. The zero-order valence-electron chi connectivity index (χ0n) is 10.7. The van der Waals surface area contributed by atoms with E-state index in [1.165, 1.54) is 24.5 Å². The summed E-state index contributed by atoms with van der Waals surface area (Å²) in [6.07, 6.45) is 3.07. The van der Waals surface area contributed by atoms with E-state index in [4.69, 9.17) is 9.52 Å². The Bertz CT molecular complexity index is 846. The molecule has 2 aromatic heterocycles. The first-order chi connectivity index (χ1) is 10.1. The molecule has 3 aromatic rings. The second-order valence-electron chi connectivity index (χ2n) is 4.51. The van der Waals surface area contributed by atoms with Crippen LogP contribution in [0.5, 0.6) is 0 Å². The first-order valence-electron chi connectivity index (χ1n) is 6.09. The van der Waals surface area contributed by atoms with E-state index in [1.54, 1.807) is 22.9 Å². The van der Waals surface area contributed by atoms with E-state index in [9.17, 15) is 14.9 Å². The topological polar surface area (TPSA) is 98.5 Å². The third-order valence-corrected chi connectivity index (χ3v) is 3.26. The summed E-state index contributed by atoms with van der Waals surface area (Å²) in [7, 11) is 0. The number of carbonyl (C=O) groups is 1. The van der Waals surface area contributed by atoms with Gasteiger partial charge in [0, 0.05) is 29.2 Å². The Balaban J connectivity index is 2.00. The summed E-state index contributed by atoms with van der Waals surface area (Å²) in [6.45, 7) is 0.246. The highest BCUT2D eigenvalue weighted by Crippen LogP contribution is 2.23. The van der Waals surface area contributed by atoms with Gasteiger partial charge in [0.05, 0.1) is 17.7 Å². The third-order valence-electron chi connectivity index (χ3n) is 3.26. The predicted molar refractivity (Wildman–Crippen MR) is 73.4 cm³/mol. The molecule has 0 fully saturated rings. The number of nitro groups is 1. The highest BCUT2D eigenvalue weighted by atomic mass is 16.6. The summed E-state index contributed by atoms with van der Waals surface area (Å²) in [4.78, 5) is 21.3. The number of carboxylic acid groups (broad SMARTS) is 1. The van der Waals surface area contributed by atoms with Crippen LogP contribution >= 0.6 is 0 Å². The zero-order valence-corrected chi connectivity index (χ0v) is 10.7. The van der Waals surface area contributed by atoms with Gasteiger partial charge >= 0.3 is 5.97 Å². The van der Waals surface area contributed by atoms with Crippen molar-refractivity contribution in [2.24, 2.45) is 0 Å². The van der Waals surface area contributed by atoms with Crippen LogP contribution in [0.15, 0.2) is 47.2 Å². The van der Waals surface area contributed by atoms with E-state index in [-0.39, 0.29) is 17.8 Å². The first-order valence-corrected chi connectivity index (χ1v) is 6.09. The van der Waals surface area contributed by atoms with Gasteiger partial charge in [0.25, 0.3) is 5.69 Å². The van der Waals surface area contributed by atoms with E-state index in [0.29, 0.717) is 11.1 Å². The Morgan fingerprint density at radius 1 is 1.33 bits per heavy atom. The van der Waals surface area contributed by atoms with Gasteiger partial charge in [0.1, 0.15) is 11.3 Å². The average Bonchev–Trinajstić information content (AvgIpc) is 3.06. The number of rotatable bonds is 4. The van der Waals surface area contributed by atoms with Crippen molar-refractivity contribution in [3.63, 3.8) is 0 Å². The summed E-state index contributed by atoms with van der Waals surface area (Å²) in [5.41, 5.74) is 0.900. The second kappa shape index (κ2) is 4.78. The Morgan fingerprint density at radius 2 is 2.14 bits per heavy atom. The minimum Gasteiger partial charge on any atom is -0.478 e. The summed E-state index contributed by atoms with van der Waals surface area (Å²) < 4.78 is 6.98. The maximum atomic E-state index is 11.1. The van der Waals surface area contributed by atoms with Gasteiger partial charge in [-0.05, 0) is 18.2 Å². The van der Waals surface area contributed by atoms with Crippen LogP contribution in [-0.2, 0) is 6.54 Å². The maximum Gasteiger partial charge on any atom is 0.339 e. The molecule has 0 spiro atoms. The van der Waals surface area contributed by atoms with Gasteiger partial charge in [-0.25, -0.2) is 4.79 Å². The van der Waals surface area contributed by atoms with Gasteiger partial charge in [-0.15, -0.1) is 0 Å².